The highest BCUT2D eigenvalue weighted by molar-refractivity contribution is 7.40. The first-order valence-corrected chi connectivity index (χ1v) is 2.52. The van der Waals surface area contributed by atoms with E-state index in [0.717, 1.165) is 0 Å². The van der Waals surface area contributed by atoms with Crippen LogP contribution in [0.1, 0.15) is 0 Å². The third-order valence-corrected chi connectivity index (χ3v) is 0.548. The van der Waals surface area contributed by atoms with Crippen LogP contribution >= 0.6 is 8.58 Å². The first-order valence-electron chi connectivity index (χ1n) is 1.11. The van der Waals surface area contributed by atoms with Crippen LogP contribution in [0.5, 0.6) is 0 Å². The monoisotopic (exact) mass is 73.0 g/mol. The first kappa shape index (κ1) is 4.17. The Labute approximate surface area is 28.7 Å². The molecule has 0 aromatic heterocycles. The molecule has 1 heteroatoms. The van der Waals surface area contributed by atoms with E-state index in [4.69, 9.17) is 0 Å². The van der Waals surface area contributed by atoms with Gasteiger partial charge in [0, 0.05) is 0 Å². The number of rotatable bonds is 1. The van der Waals surface area contributed by atoms with Crippen LogP contribution < -0.4 is 0 Å². The van der Waals surface area contributed by atoms with E-state index in [0.29, 0.717) is 0 Å². The molecule has 0 fully saturated rings. The maximum atomic E-state index is 3.47. The Morgan fingerprint density at radius 2 is 2.25 bits per heavy atom. The molecular weight excluding hydrogens is 67.0 g/mol. The van der Waals surface area contributed by atoms with E-state index in [-0.39, 0.29) is 0 Å². The fourth-order valence-electron chi connectivity index (χ4n) is 0. The zero-order valence-corrected chi connectivity index (χ0v) is 3.63. The van der Waals surface area contributed by atoms with Gasteiger partial charge in [-0.25, -0.2) is 0 Å². The van der Waals surface area contributed by atoms with E-state index in [1.165, 1.54) is 8.58 Å². The van der Waals surface area contributed by atoms with Crippen molar-refractivity contribution in [3.8, 4) is 0 Å². The van der Waals surface area contributed by atoms with Gasteiger partial charge in [0.1, 0.15) is 0 Å². The van der Waals surface area contributed by atoms with E-state index < -0.39 is 0 Å². The van der Waals surface area contributed by atoms with E-state index in [2.05, 4.69) is 6.58 Å². The topological polar surface area (TPSA) is 0 Å². The molecule has 0 aromatic carbocycles. The fourth-order valence-corrected chi connectivity index (χ4v) is 0. The normalized spacial score (nSPS) is 9.25. The van der Waals surface area contributed by atoms with Gasteiger partial charge in [-0.1, -0.05) is 21.0 Å². The summed E-state index contributed by atoms with van der Waals surface area (Å²) in [5.74, 6) is 1.85. The molecule has 0 nitrogen and oxygen atoms in total. The van der Waals surface area contributed by atoms with Crippen LogP contribution in [0.25, 0.3) is 0 Å². The quantitative estimate of drug-likeness (QED) is 0.414. The minimum Gasteiger partial charge on any atom is -0.0983 e. The molecule has 1 radical (unpaired) electrons. The lowest BCUT2D eigenvalue weighted by Crippen LogP contribution is -1.19. The maximum absolute atomic E-state index is 3.47. The standard InChI is InChI=1S/C3H6P/c1-3-4-2/h3H,1H2,2H3. The Morgan fingerprint density at radius 1 is 2.00 bits per heavy atom. The molecular formula is C3H6P. The van der Waals surface area contributed by atoms with Crippen LogP contribution in [0, 0.1) is 0 Å². The lowest BCUT2D eigenvalue weighted by Gasteiger charge is -1.57. The molecule has 0 aliphatic heterocycles. The van der Waals surface area contributed by atoms with Crippen molar-refractivity contribution in [2.75, 3.05) is 6.66 Å². The van der Waals surface area contributed by atoms with Crippen LogP contribution in [-0.2, 0) is 0 Å². The second-order valence-corrected chi connectivity index (χ2v) is 1.32. The van der Waals surface area contributed by atoms with Crippen molar-refractivity contribution >= 4 is 8.58 Å². The van der Waals surface area contributed by atoms with Crippen LogP contribution in [0.3, 0.4) is 0 Å². The Kier molecular flexibility index (Phi) is 3.30. The molecule has 0 saturated heterocycles. The lowest BCUT2D eigenvalue weighted by atomic mass is 11.3. The van der Waals surface area contributed by atoms with Crippen molar-refractivity contribution in [2.24, 2.45) is 0 Å². The van der Waals surface area contributed by atoms with Gasteiger partial charge >= 0.3 is 0 Å². The molecule has 0 atom stereocenters. The Hall–Kier alpha value is 0.170. The molecule has 0 N–H and O–H groups in total. The average Bonchev–Trinajstić information content (AvgIpc) is 1.37. The highest BCUT2D eigenvalue weighted by Crippen LogP contribution is 1.97. The van der Waals surface area contributed by atoms with Crippen molar-refractivity contribution in [3.63, 3.8) is 0 Å². The second kappa shape index (κ2) is 3.17. The SMILES string of the molecule is C=C[P]C. The van der Waals surface area contributed by atoms with Gasteiger partial charge < -0.3 is 0 Å². The maximum Gasteiger partial charge on any atom is -0.0368 e. The van der Waals surface area contributed by atoms with E-state index in [1.54, 1.807) is 0 Å². The summed E-state index contributed by atoms with van der Waals surface area (Å²) in [5.41, 5.74) is 0. The van der Waals surface area contributed by atoms with Gasteiger partial charge in [0.25, 0.3) is 0 Å². The predicted octanol–water partition coefficient (Wildman–Crippen LogP) is 1.71. The Morgan fingerprint density at radius 3 is 2.25 bits per heavy atom. The smallest absolute Gasteiger partial charge is 0.0368 e. The summed E-state index contributed by atoms with van der Waals surface area (Å²) in [4.78, 5) is 0. The zero-order valence-electron chi connectivity index (χ0n) is 2.73. The third kappa shape index (κ3) is 2.17. The Balaban J connectivity index is 2.30. The van der Waals surface area contributed by atoms with Crippen LogP contribution in [0.15, 0.2) is 12.4 Å². The predicted molar refractivity (Wildman–Crippen MR) is 23.0 cm³/mol. The molecule has 0 heterocycles. The van der Waals surface area contributed by atoms with Crippen LogP contribution in [0.2, 0.25) is 0 Å². The number of hydrogen-bond acceptors (Lipinski definition) is 0. The molecule has 4 heavy (non-hydrogen) atoms. The number of hydrogen-bond donors (Lipinski definition) is 0. The zero-order chi connectivity index (χ0) is 3.41. The van der Waals surface area contributed by atoms with Gasteiger partial charge in [-0.15, -0.1) is 0 Å². The Bertz CT molecular complexity index is 17.2. The van der Waals surface area contributed by atoms with Crippen molar-refractivity contribution in [1.29, 1.82) is 0 Å². The van der Waals surface area contributed by atoms with Crippen molar-refractivity contribution in [3.05, 3.63) is 12.4 Å². The highest BCUT2D eigenvalue weighted by atomic mass is 31.1. The summed E-state index contributed by atoms with van der Waals surface area (Å²) in [5, 5.41) is 0. The molecule has 0 bridgehead atoms. The summed E-state index contributed by atoms with van der Waals surface area (Å²) >= 11 is 0. The molecule has 0 amide bonds. The summed E-state index contributed by atoms with van der Waals surface area (Å²) in [6, 6.07) is 0. The summed E-state index contributed by atoms with van der Waals surface area (Å²) < 4.78 is 0. The van der Waals surface area contributed by atoms with E-state index in [1.807, 2.05) is 12.5 Å². The molecule has 23 valence electrons. The van der Waals surface area contributed by atoms with Crippen molar-refractivity contribution < 1.29 is 0 Å². The van der Waals surface area contributed by atoms with Gasteiger partial charge in [0.2, 0.25) is 0 Å². The molecule has 0 rings (SSSR count). The fraction of sp³-hybridized carbons (Fsp3) is 0.333. The van der Waals surface area contributed by atoms with Gasteiger partial charge in [0.05, 0.1) is 0 Å². The molecule has 0 aromatic rings. The van der Waals surface area contributed by atoms with Crippen molar-refractivity contribution in [1.82, 2.24) is 0 Å². The molecule has 0 saturated carbocycles. The molecule has 0 unspecified atom stereocenters. The second-order valence-electron chi connectivity index (χ2n) is 0.441. The largest absolute Gasteiger partial charge is 0.0983 e. The molecule has 0 aliphatic rings. The van der Waals surface area contributed by atoms with Crippen LogP contribution in [0.4, 0.5) is 0 Å². The average molecular weight is 73.1 g/mol. The van der Waals surface area contributed by atoms with E-state index in [9.17, 15) is 0 Å². The lowest BCUT2D eigenvalue weighted by molar-refractivity contribution is 2.41. The highest BCUT2D eigenvalue weighted by Gasteiger charge is 1.45. The van der Waals surface area contributed by atoms with Gasteiger partial charge in [-0.05, 0) is 6.66 Å². The first-order chi connectivity index (χ1) is 1.91. The summed E-state index contributed by atoms with van der Waals surface area (Å²) in [6.45, 7) is 5.50. The van der Waals surface area contributed by atoms with Crippen LogP contribution in [-0.4, -0.2) is 6.66 Å². The summed E-state index contributed by atoms with van der Waals surface area (Å²) in [7, 11) is 1.26. The van der Waals surface area contributed by atoms with E-state index >= 15 is 0 Å². The third-order valence-electron chi connectivity index (χ3n) is 0.183. The molecule has 0 spiro atoms. The van der Waals surface area contributed by atoms with Crippen molar-refractivity contribution in [2.45, 2.75) is 0 Å². The van der Waals surface area contributed by atoms with Gasteiger partial charge in [-0.2, -0.15) is 0 Å². The minimum atomic E-state index is 1.26. The van der Waals surface area contributed by atoms with Gasteiger partial charge in [0.15, 0.2) is 0 Å². The van der Waals surface area contributed by atoms with Gasteiger partial charge in [-0.3, -0.25) is 0 Å². The molecule has 0 aliphatic carbocycles. The summed E-state index contributed by atoms with van der Waals surface area (Å²) in [6.07, 6.45) is 0. The minimum absolute atomic E-state index is 1.26.